The first-order valence-corrected chi connectivity index (χ1v) is 5.16. The Labute approximate surface area is 99.5 Å². The number of methoxy groups -OCH3 is 1. The molecule has 0 saturated heterocycles. The van der Waals surface area contributed by atoms with Crippen LogP contribution in [0.4, 0.5) is 4.39 Å². The highest BCUT2D eigenvalue weighted by Crippen LogP contribution is 2.15. The van der Waals surface area contributed by atoms with E-state index in [0.717, 1.165) is 6.07 Å². The van der Waals surface area contributed by atoms with E-state index >= 15 is 0 Å². The molecule has 0 aromatic heterocycles. The topological polar surface area (TPSA) is 51.5 Å². The molecule has 5 heteroatoms. The van der Waals surface area contributed by atoms with Crippen LogP contribution in [0.15, 0.2) is 18.2 Å². The molecular formula is C12H14FNO3. The molecule has 92 valence electrons. The van der Waals surface area contributed by atoms with Crippen LogP contribution in [0.3, 0.4) is 0 Å². The van der Waals surface area contributed by atoms with Gasteiger partial charge in [0.1, 0.15) is 18.2 Å². The highest BCUT2D eigenvalue weighted by molar-refractivity contribution is 5.36. The summed E-state index contributed by atoms with van der Waals surface area (Å²) in [5, 5.41) is 8.64. The first kappa shape index (κ1) is 13.4. The van der Waals surface area contributed by atoms with Crippen LogP contribution >= 0.6 is 0 Å². The molecule has 0 aliphatic carbocycles. The number of hydrogen-bond donors (Lipinski definition) is 0. The van der Waals surface area contributed by atoms with Crippen LogP contribution in [0.25, 0.3) is 0 Å². The van der Waals surface area contributed by atoms with Gasteiger partial charge in [-0.05, 0) is 12.1 Å². The summed E-state index contributed by atoms with van der Waals surface area (Å²) in [6, 6.07) is 5.73. The van der Waals surface area contributed by atoms with Crippen LogP contribution in [0, 0.1) is 17.1 Å². The molecule has 0 fully saturated rings. The van der Waals surface area contributed by atoms with Crippen LogP contribution in [-0.4, -0.2) is 33.5 Å². The van der Waals surface area contributed by atoms with E-state index < -0.39 is 5.82 Å². The fourth-order valence-electron chi connectivity index (χ4n) is 1.17. The minimum absolute atomic E-state index is 0.236. The third-order valence-corrected chi connectivity index (χ3v) is 1.93. The second-order valence-electron chi connectivity index (χ2n) is 3.24. The first-order chi connectivity index (χ1) is 8.26. The van der Waals surface area contributed by atoms with E-state index in [1.54, 1.807) is 7.11 Å². The van der Waals surface area contributed by atoms with Crippen molar-refractivity contribution in [1.29, 1.82) is 5.26 Å². The molecule has 0 aliphatic heterocycles. The SMILES string of the molecule is COCCOCCOc1cc(F)cc(C#N)c1. The van der Waals surface area contributed by atoms with Crippen LogP contribution < -0.4 is 4.74 Å². The van der Waals surface area contributed by atoms with Gasteiger partial charge in [0.15, 0.2) is 0 Å². The van der Waals surface area contributed by atoms with E-state index in [9.17, 15) is 4.39 Å². The Hall–Kier alpha value is -1.64. The van der Waals surface area contributed by atoms with Gasteiger partial charge in [0, 0.05) is 13.2 Å². The lowest BCUT2D eigenvalue weighted by Crippen LogP contribution is -2.10. The molecule has 0 spiro atoms. The molecule has 0 radical (unpaired) electrons. The summed E-state index contributed by atoms with van der Waals surface area (Å²) < 4.78 is 28.2. The van der Waals surface area contributed by atoms with Gasteiger partial charge in [-0.3, -0.25) is 0 Å². The lowest BCUT2D eigenvalue weighted by atomic mass is 10.2. The van der Waals surface area contributed by atoms with Gasteiger partial charge in [-0.1, -0.05) is 0 Å². The molecule has 1 rings (SSSR count). The summed E-state index contributed by atoms with van der Waals surface area (Å²) >= 11 is 0. The van der Waals surface area contributed by atoms with Crippen molar-refractivity contribution in [1.82, 2.24) is 0 Å². The Morgan fingerprint density at radius 3 is 2.65 bits per heavy atom. The summed E-state index contributed by atoms with van der Waals surface area (Å²) in [7, 11) is 1.59. The van der Waals surface area contributed by atoms with Crippen molar-refractivity contribution in [2.24, 2.45) is 0 Å². The lowest BCUT2D eigenvalue weighted by molar-refractivity contribution is 0.0544. The average Bonchev–Trinajstić information content (AvgIpc) is 2.33. The fraction of sp³-hybridized carbons (Fsp3) is 0.417. The molecule has 0 bridgehead atoms. The molecular weight excluding hydrogens is 225 g/mol. The van der Waals surface area contributed by atoms with Gasteiger partial charge in [-0.15, -0.1) is 0 Å². The maximum absolute atomic E-state index is 13.0. The minimum atomic E-state index is -0.487. The molecule has 0 atom stereocenters. The Kier molecular flexibility index (Phi) is 6.00. The molecule has 0 heterocycles. The van der Waals surface area contributed by atoms with Crippen LogP contribution in [0.1, 0.15) is 5.56 Å². The van der Waals surface area contributed by atoms with Crippen LogP contribution in [0.5, 0.6) is 5.75 Å². The molecule has 0 amide bonds. The minimum Gasteiger partial charge on any atom is -0.491 e. The predicted octanol–water partition coefficient (Wildman–Crippen LogP) is 1.74. The van der Waals surface area contributed by atoms with Crippen molar-refractivity contribution in [3.63, 3.8) is 0 Å². The monoisotopic (exact) mass is 239 g/mol. The Balaban J connectivity index is 2.32. The average molecular weight is 239 g/mol. The second-order valence-corrected chi connectivity index (χ2v) is 3.24. The fourth-order valence-corrected chi connectivity index (χ4v) is 1.17. The Morgan fingerprint density at radius 2 is 1.94 bits per heavy atom. The Bertz CT molecular complexity index is 390. The number of halogens is 1. The van der Waals surface area contributed by atoms with Crippen molar-refractivity contribution in [3.05, 3.63) is 29.6 Å². The van der Waals surface area contributed by atoms with Gasteiger partial charge in [0.25, 0.3) is 0 Å². The molecule has 1 aromatic carbocycles. The number of ether oxygens (including phenoxy) is 3. The first-order valence-electron chi connectivity index (χ1n) is 5.16. The van der Waals surface area contributed by atoms with Gasteiger partial charge in [-0.2, -0.15) is 5.26 Å². The molecule has 0 aliphatic rings. The van der Waals surface area contributed by atoms with E-state index in [4.69, 9.17) is 19.5 Å². The van der Waals surface area contributed by atoms with E-state index in [1.807, 2.05) is 6.07 Å². The molecule has 0 saturated carbocycles. The number of rotatable bonds is 7. The molecule has 0 unspecified atom stereocenters. The third-order valence-electron chi connectivity index (χ3n) is 1.93. The van der Waals surface area contributed by atoms with Gasteiger partial charge in [0.2, 0.25) is 0 Å². The standard InChI is InChI=1S/C12H14FNO3/c1-15-2-3-16-4-5-17-12-7-10(9-14)6-11(13)8-12/h6-8H,2-5H2,1H3. The summed E-state index contributed by atoms with van der Waals surface area (Å²) in [6.45, 7) is 1.71. The maximum Gasteiger partial charge on any atom is 0.128 e. The van der Waals surface area contributed by atoms with Gasteiger partial charge >= 0.3 is 0 Å². The zero-order valence-corrected chi connectivity index (χ0v) is 9.61. The van der Waals surface area contributed by atoms with Crippen LogP contribution in [-0.2, 0) is 9.47 Å². The van der Waals surface area contributed by atoms with Gasteiger partial charge in [-0.25, -0.2) is 4.39 Å². The molecule has 4 nitrogen and oxygen atoms in total. The lowest BCUT2D eigenvalue weighted by Gasteiger charge is -2.07. The smallest absolute Gasteiger partial charge is 0.128 e. The quantitative estimate of drug-likeness (QED) is 0.680. The number of hydrogen-bond acceptors (Lipinski definition) is 4. The van der Waals surface area contributed by atoms with Crippen molar-refractivity contribution in [2.45, 2.75) is 0 Å². The Morgan fingerprint density at radius 1 is 1.18 bits per heavy atom. The van der Waals surface area contributed by atoms with Gasteiger partial charge < -0.3 is 14.2 Å². The molecule has 1 aromatic rings. The summed E-state index contributed by atoms with van der Waals surface area (Å²) in [5.74, 6) is -0.156. The van der Waals surface area contributed by atoms with Gasteiger partial charge in [0.05, 0.1) is 31.5 Å². The second kappa shape index (κ2) is 7.60. The van der Waals surface area contributed by atoms with E-state index in [1.165, 1.54) is 12.1 Å². The number of nitriles is 1. The van der Waals surface area contributed by atoms with Crippen LogP contribution in [0.2, 0.25) is 0 Å². The third kappa shape index (κ3) is 5.29. The zero-order valence-electron chi connectivity index (χ0n) is 9.61. The normalized spacial score (nSPS) is 9.94. The van der Waals surface area contributed by atoms with Crippen molar-refractivity contribution < 1.29 is 18.6 Å². The summed E-state index contributed by atoms with van der Waals surface area (Å²) in [6.07, 6.45) is 0. The predicted molar refractivity (Wildman–Crippen MR) is 59.3 cm³/mol. The number of nitrogens with zero attached hydrogens (tertiary/aromatic N) is 1. The van der Waals surface area contributed by atoms with Crippen molar-refractivity contribution >= 4 is 0 Å². The summed E-state index contributed by atoms with van der Waals surface area (Å²) in [5.41, 5.74) is 0.236. The highest BCUT2D eigenvalue weighted by atomic mass is 19.1. The van der Waals surface area contributed by atoms with Crippen molar-refractivity contribution in [2.75, 3.05) is 33.5 Å². The molecule has 0 N–H and O–H groups in total. The number of benzene rings is 1. The largest absolute Gasteiger partial charge is 0.491 e. The molecule has 17 heavy (non-hydrogen) atoms. The zero-order chi connectivity index (χ0) is 12.5. The van der Waals surface area contributed by atoms with Crippen molar-refractivity contribution in [3.8, 4) is 11.8 Å². The summed E-state index contributed by atoms with van der Waals surface area (Å²) in [4.78, 5) is 0. The maximum atomic E-state index is 13.0. The van der Waals surface area contributed by atoms with E-state index in [0.29, 0.717) is 32.2 Å². The van der Waals surface area contributed by atoms with E-state index in [-0.39, 0.29) is 5.56 Å². The van der Waals surface area contributed by atoms with E-state index in [2.05, 4.69) is 0 Å². The highest BCUT2D eigenvalue weighted by Gasteiger charge is 2.01.